The van der Waals surface area contributed by atoms with Crippen molar-refractivity contribution in [3.8, 4) is 11.4 Å². The smallest absolute Gasteiger partial charge is 0.226 e. The Morgan fingerprint density at radius 2 is 1.82 bits per heavy atom. The highest BCUT2D eigenvalue weighted by atomic mass is 32.1. The Labute approximate surface area is 228 Å². The van der Waals surface area contributed by atoms with Gasteiger partial charge in [-0.2, -0.15) is 0 Å². The van der Waals surface area contributed by atoms with Crippen LogP contribution in [0.25, 0.3) is 5.69 Å². The van der Waals surface area contributed by atoms with Gasteiger partial charge in [-0.1, -0.05) is 19.9 Å². The van der Waals surface area contributed by atoms with Crippen LogP contribution < -0.4 is 20.3 Å². The first kappa shape index (κ1) is 25.5. The van der Waals surface area contributed by atoms with E-state index < -0.39 is 0 Å². The zero-order chi connectivity index (χ0) is 26.8. The molecule has 8 heteroatoms. The lowest BCUT2D eigenvalue weighted by Gasteiger charge is -2.29. The fraction of sp³-hybridized carbons (Fsp3) is 0.233. The van der Waals surface area contributed by atoms with Gasteiger partial charge in [0, 0.05) is 41.1 Å². The van der Waals surface area contributed by atoms with Crippen molar-refractivity contribution in [3.05, 3.63) is 102 Å². The number of nitrogens with one attached hydrogen (secondary N) is 2. The monoisotopic (exact) mass is 525 g/mol. The largest absolute Gasteiger partial charge is 0.497 e. The maximum atomic E-state index is 12.3. The van der Waals surface area contributed by atoms with E-state index in [1.807, 2.05) is 81.4 Å². The van der Waals surface area contributed by atoms with E-state index in [4.69, 9.17) is 17.0 Å². The van der Waals surface area contributed by atoms with Crippen molar-refractivity contribution < 1.29 is 9.53 Å². The number of methoxy groups -OCH3 is 1. The molecule has 1 aliphatic rings. The summed E-state index contributed by atoms with van der Waals surface area (Å²) in [7, 11) is 1.66. The zero-order valence-corrected chi connectivity index (χ0v) is 22.7. The maximum Gasteiger partial charge on any atom is 0.226 e. The van der Waals surface area contributed by atoms with Gasteiger partial charge in [0.1, 0.15) is 11.8 Å². The second kappa shape index (κ2) is 10.7. The first-order valence-electron chi connectivity index (χ1n) is 12.6. The number of thiocarbonyl (C=S) groups is 1. The number of hydrogen-bond acceptors (Lipinski definition) is 4. The minimum Gasteiger partial charge on any atom is -0.497 e. The Kier molecular flexibility index (Phi) is 7.15. The highest BCUT2D eigenvalue weighted by Crippen LogP contribution is 2.43. The summed E-state index contributed by atoms with van der Waals surface area (Å²) >= 11 is 5.92. The Morgan fingerprint density at radius 3 is 2.47 bits per heavy atom. The van der Waals surface area contributed by atoms with Gasteiger partial charge >= 0.3 is 0 Å². The van der Waals surface area contributed by atoms with Crippen molar-refractivity contribution >= 4 is 34.6 Å². The Hall–Kier alpha value is -4.17. The number of anilines is 2. The van der Waals surface area contributed by atoms with E-state index in [0.29, 0.717) is 5.11 Å². The normalized spacial score (nSPS) is 17.0. The lowest BCUT2D eigenvalue weighted by molar-refractivity contribution is -0.118. The molecule has 1 saturated heterocycles. The minimum atomic E-state index is -0.176. The lowest BCUT2D eigenvalue weighted by atomic mass is 10.00. The number of benzene rings is 2. The second-order valence-electron chi connectivity index (χ2n) is 9.64. The van der Waals surface area contributed by atoms with E-state index >= 15 is 0 Å². The van der Waals surface area contributed by atoms with E-state index in [-0.39, 0.29) is 23.9 Å². The molecule has 7 nitrogen and oxygen atoms in total. The number of carbonyl (C=O) groups is 1. The minimum absolute atomic E-state index is 0.00961. The van der Waals surface area contributed by atoms with Crippen LogP contribution in [0.4, 0.5) is 11.4 Å². The molecule has 2 aromatic carbocycles. The summed E-state index contributed by atoms with van der Waals surface area (Å²) in [5, 5.41) is 7.17. The number of nitrogens with zero attached hydrogens (tertiary/aromatic N) is 3. The highest BCUT2D eigenvalue weighted by molar-refractivity contribution is 7.80. The molecule has 0 aliphatic carbocycles. The standard InChI is InChI=1S/C30H31N5O2S/c1-19(2)29(36)32-24-15-12-22(18-20(24)3)35-28(27(33-30(35)38)25-8-5-6-16-31-25)26-9-7-17-34(26)21-10-13-23(37-4)14-11-21/h5-19,27-28H,1-4H3,(H,32,36)(H,33,38)/t27-,28-/m0/s1. The average molecular weight is 526 g/mol. The van der Waals surface area contributed by atoms with Crippen molar-refractivity contribution in [2.45, 2.75) is 32.9 Å². The van der Waals surface area contributed by atoms with Gasteiger partial charge in [0.2, 0.25) is 5.91 Å². The molecule has 1 amide bonds. The molecule has 3 heterocycles. The Balaban J connectivity index is 1.59. The van der Waals surface area contributed by atoms with E-state index in [2.05, 4.69) is 43.4 Å². The molecule has 1 aliphatic heterocycles. The quantitative estimate of drug-likeness (QED) is 0.290. The van der Waals surface area contributed by atoms with Gasteiger partial charge < -0.3 is 24.8 Å². The van der Waals surface area contributed by atoms with Gasteiger partial charge in [-0.05, 0) is 91.4 Å². The lowest BCUT2D eigenvalue weighted by Crippen LogP contribution is -2.30. The molecule has 0 spiro atoms. The number of amides is 1. The van der Waals surface area contributed by atoms with Crippen LogP contribution >= 0.6 is 12.2 Å². The van der Waals surface area contributed by atoms with Gasteiger partial charge in [-0.15, -0.1) is 0 Å². The van der Waals surface area contributed by atoms with Crippen molar-refractivity contribution in [2.75, 3.05) is 17.3 Å². The molecule has 0 unspecified atom stereocenters. The third-order valence-electron chi connectivity index (χ3n) is 6.80. The summed E-state index contributed by atoms with van der Waals surface area (Å²) in [6.45, 7) is 5.76. The molecule has 0 saturated carbocycles. The molecule has 0 radical (unpaired) electrons. The Morgan fingerprint density at radius 1 is 1.05 bits per heavy atom. The van der Waals surface area contributed by atoms with Crippen molar-refractivity contribution in [1.29, 1.82) is 0 Å². The first-order valence-corrected chi connectivity index (χ1v) is 13.0. The van der Waals surface area contributed by atoms with Gasteiger partial charge in [0.15, 0.2) is 5.11 Å². The second-order valence-corrected chi connectivity index (χ2v) is 10.0. The SMILES string of the molecule is COc1ccc(-n2cccc2[C@H]2[C@H](c3ccccn3)NC(=S)N2c2ccc(NC(=O)C(C)C)c(C)c2)cc1. The van der Waals surface area contributed by atoms with Crippen LogP contribution in [0.1, 0.15) is 42.9 Å². The number of pyridine rings is 1. The number of ether oxygens (including phenoxy) is 1. The number of carbonyl (C=O) groups excluding carboxylic acids is 1. The Bertz CT molecular complexity index is 1450. The molecule has 2 aromatic heterocycles. The fourth-order valence-electron chi connectivity index (χ4n) is 4.76. The summed E-state index contributed by atoms with van der Waals surface area (Å²) < 4.78 is 7.53. The summed E-state index contributed by atoms with van der Waals surface area (Å²) in [5.74, 6) is 0.697. The predicted molar refractivity (Wildman–Crippen MR) is 155 cm³/mol. The van der Waals surface area contributed by atoms with E-state index in [9.17, 15) is 4.79 Å². The highest BCUT2D eigenvalue weighted by Gasteiger charge is 2.42. The van der Waals surface area contributed by atoms with Crippen LogP contribution in [-0.4, -0.2) is 27.7 Å². The van der Waals surface area contributed by atoms with Crippen LogP contribution in [-0.2, 0) is 4.79 Å². The molecule has 2 N–H and O–H groups in total. The van der Waals surface area contributed by atoms with E-state index in [1.54, 1.807) is 13.3 Å². The molecule has 0 bridgehead atoms. The van der Waals surface area contributed by atoms with Gasteiger partial charge in [-0.25, -0.2) is 0 Å². The summed E-state index contributed by atoms with van der Waals surface area (Å²) in [4.78, 5) is 19.1. The summed E-state index contributed by atoms with van der Waals surface area (Å²) in [6, 6.07) is 23.8. The van der Waals surface area contributed by atoms with Crippen LogP contribution in [0, 0.1) is 12.8 Å². The molecular formula is C30H31N5O2S. The molecule has 4 aromatic rings. The van der Waals surface area contributed by atoms with E-state index in [0.717, 1.165) is 39.8 Å². The van der Waals surface area contributed by atoms with Crippen LogP contribution in [0.3, 0.4) is 0 Å². The van der Waals surface area contributed by atoms with Crippen molar-refractivity contribution in [2.24, 2.45) is 5.92 Å². The van der Waals surface area contributed by atoms with Crippen molar-refractivity contribution in [1.82, 2.24) is 14.9 Å². The molecular weight excluding hydrogens is 494 g/mol. The van der Waals surface area contributed by atoms with Crippen molar-refractivity contribution in [3.63, 3.8) is 0 Å². The van der Waals surface area contributed by atoms with Gasteiger partial charge in [-0.3, -0.25) is 9.78 Å². The molecule has 2 atom stereocenters. The topological polar surface area (TPSA) is 71.4 Å². The maximum absolute atomic E-state index is 12.3. The fourth-order valence-corrected chi connectivity index (χ4v) is 5.11. The van der Waals surface area contributed by atoms with Gasteiger partial charge in [0.05, 0.1) is 18.8 Å². The third-order valence-corrected chi connectivity index (χ3v) is 7.12. The van der Waals surface area contributed by atoms with Crippen LogP contribution in [0.5, 0.6) is 5.75 Å². The number of hydrogen-bond donors (Lipinski definition) is 2. The molecule has 1 fully saturated rings. The summed E-state index contributed by atoms with van der Waals surface area (Å²) in [5.41, 5.74) is 5.69. The average Bonchev–Trinajstić information content (AvgIpc) is 3.54. The number of rotatable bonds is 7. The van der Waals surface area contributed by atoms with E-state index in [1.165, 1.54) is 0 Å². The summed E-state index contributed by atoms with van der Waals surface area (Å²) in [6.07, 6.45) is 3.86. The number of aromatic nitrogens is 2. The predicted octanol–water partition coefficient (Wildman–Crippen LogP) is 5.96. The molecule has 5 rings (SSSR count). The molecule has 194 valence electrons. The third kappa shape index (κ3) is 4.87. The van der Waals surface area contributed by atoms with Crippen LogP contribution in [0.2, 0.25) is 0 Å². The number of aryl methyl sites for hydroxylation is 1. The molecule has 38 heavy (non-hydrogen) atoms. The van der Waals surface area contributed by atoms with Crippen LogP contribution in [0.15, 0.2) is 85.2 Å². The first-order chi connectivity index (χ1) is 18.4. The zero-order valence-electron chi connectivity index (χ0n) is 21.9. The van der Waals surface area contributed by atoms with Gasteiger partial charge in [0.25, 0.3) is 0 Å².